The molecular weight excluding hydrogens is 334 g/mol. The van der Waals surface area contributed by atoms with Crippen LogP contribution in [0.2, 0.25) is 0 Å². The standard InChI is InChI=1S/C16H18BrNO3/c1-2-10-3-4-16(7-10,8-18)15(19)11-5-12(17)14-13(6-11)20-9-21-14/h5-6,10,15,19H,2-4,7,9H2,1H3. The van der Waals surface area contributed by atoms with Gasteiger partial charge in [0.2, 0.25) is 6.79 Å². The first-order chi connectivity index (χ1) is 10.1. The Balaban J connectivity index is 1.93. The minimum atomic E-state index is -0.801. The van der Waals surface area contributed by atoms with Crippen molar-refractivity contribution < 1.29 is 14.6 Å². The van der Waals surface area contributed by atoms with Gasteiger partial charge >= 0.3 is 0 Å². The van der Waals surface area contributed by atoms with Crippen LogP contribution in [0.3, 0.4) is 0 Å². The van der Waals surface area contributed by atoms with Crippen molar-refractivity contribution in [1.82, 2.24) is 0 Å². The summed E-state index contributed by atoms with van der Waals surface area (Å²) in [7, 11) is 0. The fraction of sp³-hybridized carbons (Fsp3) is 0.562. The predicted octanol–water partition coefficient (Wildman–Crippen LogP) is 3.93. The molecule has 0 bridgehead atoms. The Morgan fingerprint density at radius 1 is 1.52 bits per heavy atom. The van der Waals surface area contributed by atoms with Crippen LogP contribution in [0.4, 0.5) is 0 Å². The Bertz CT molecular complexity index is 598. The molecule has 0 amide bonds. The van der Waals surface area contributed by atoms with Crippen molar-refractivity contribution in [1.29, 1.82) is 5.26 Å². The Kier molecular flexibility index (Phi) is 3.85. The molecule has 1 aliphatic heterocycles. The number of benzene rings is 1. The topological polar surface area (TPSA) is 62.5 Å². The molecule has 1 aromatic carbocycles. The Morgan fingerprint density at radius 3 is 3.00 bits per heavy atom. The van der Waals surface area contributed by atoms with E-state index in [1.807, 2.05) is 6.07 Å². The smallest absolute Gasteiger partial charge is 0.231 e. The Hall–Kier alpha value is -1.25. The van der Waals surface area contributed by atoms with E-state index in [-0.39, 0.29) is 6.79 Å². The molecule has 1 fully saturated rings. The fourth-order valence-corrected chi connectivity index (χ4v) is 3.98. The number of rotatable bonds is 3. The quantitative estimate of drug-likeness (QED) is 0.895. The molecular formula is C16H18BrNO3. The highest BCUT2D eigenvalue weighted by Crippen LogP contribution is 2.52. The van der Waals surface area contributed by atoms with E-state index >= 15 is 0 Å². The van der Waals surface area contributed by atoms with Gasteiger partial charge in [0, 0.05) is 0 Å². The predicted molar refractivity (Wildman–Crippen MR) is 80.9 cm³/mol. The number of aliphatic hydroxyl groups excluding tert-OH is 1. The van der Waals surface area contributed by atoms with Crippen LogP contribution in [0.25, 0.3) is 0 Å². The molecule has 112 valence electrons. The van der Waals surface area contributed by atoms with Crippen molar-refractivity contribution in [3.63, 3.8) is 0 Å². The van der Waals surface area contributed by atoms with E-state index in [2.05, 4.69) is 28.9 Å². The molecule has 21 heavy (non-hydrogen) atoms. The normalized spacial score (nSPS) is 28.4. The molecule has 2 aliphatic rings. The number of halogens is 1. The van der Waals surface area contributed by atoms with E-state index in [9.17, 15) is 10.4 Å². The number of hydrogen-bond donors (Lipinski definition) is 1. The van der Waals surface area contributed by atoms with Gasteiger partial charge in [-0.2, -0.15) is 5.26 Å². The minimum absolute atomic E-state index is 0.189. The molecule has 3 atom stereocenters. The van der Waals surface area contributed by atoms with E-state index in [4.69, 9.17) is 9.47 Å². The maximum absolute atomic E-state index is 10.8. The summed E-state index contributed by atoms with van der Waals surface area (Å²) < 4.78 is 11.5. The first kappa shape index (κ1) is 14.7. The zero-order chi connectivity index (χ0) is 15.0. The summed E-state index contributed by atoms with van der Waals surface area (Å²) in [5.74, 6) is 1.81. The second-order valence-electron chi connectivity index (χ2n) is 5.92. The third-order valence-corrected chi connectivity index (χ3v) is 5.33. The second kappa shape index (κ2) is 5.51. The van der Waals surface area contributed by atoms with Crippen molar-refractivity contribution in [2.45, 2.75) is 38.7 Å². The molecule has 5 heteroatoms. The van der Waals surface area contributed by atoms with E-state index < -0.39 is 11.5 Å². The molecule has 1 heterocycles. The highest BCUT2D eigenvalue weighted by molar-refractivity contribution is 9.10. The Labute approximate surface area is 132 Å². The summed E-state index contributed by atoms with van der Waals surface area (Å²) in [5.41, 5.74) is 0.0257. The van der Waals surface area contributed by atoms with Crippen LogP contribution in [-0.2, 0) is 0 Å². The molecule has 0 saturated heterocycles. The first-order valence-corrected chi connectivity index (χ1v) is 8.07. The lowest BCUT2D eigenvalue weighted by Crippen LogP contribution is -2.24. The van der Waals surface area contributed by atoms with Crippen LogP contribution in [0.15, 0.2) is 16.6 Å². The monoisotopic (exact) mass is 351 g/mol. The number of nitrogens with zero attached hydrogens (tertiary/aromatic N) is 1. The molecule has 1 N–H and O–H groups in total. The summed E-state index contributed by atoms with van der Waals surface area (Å²) in [4.78, 5) is 0. The average molecular weight is 352 g/mol. The van der Waals surface area contributed by atoms with E-state index in [0.29, 0.717) is 23.0 Å². The van der Waals surface area contributed by atoms with Gasteiger partial charge in [-0.05, 0) is 58.8 Å². The van der Waals surface area contributed by atoms with Gasteiger partial charge in [-0.15, -0.1) is 0 Å². The fourth-order valence-electron chi connectivity index (χ4n) is 3.40. The highest BCUT2D eigenvalue weighted by atomic mass is 79.9. The maximum Gasteiger partial charge on any atom is 0.231 e. The van der Waals surface area contributed by atoms with E-state index in [1.165, 1.54) is 0 Å². The van der Waals surface area contributed by atoms with Crippen LogP contribution in [-0.4, -0.2) is 11.9 Å². The number of fused-ring (bicyclic) bond motifs is 1. The van der Waals surface area contributed by atoms with Crippen molar-refractivity contribution in [2.24, 2.45) is 11.3 Å². The van der Waals surface area contributed by atoms with Gasteiger partial charge in [-0.25, -0.2) is 0 Å². The summed E-state index contributed by atoms with van der Waals surface area (Å²) in [6.45, 7) is 2.33. The second-order valence-corrected chi connectivity index (χ2v) is 6.78. The SMILES string of the molecule is CCC1CCC(C#N)(C(O)c2cc(Br)c3c(c2)OCO3)C1. The highest BCUT2D eigenvalue weighted by Gasteiger charge is 2.45. The van der Waals surface area contributed by atoms with Crippen molar-refractivity contribution in [2.75, 3.05) is 6.79 Å². The molecule has 0 radical (unpaired) electrons. The van der Waals surface area contributed by atoms with Gasteiger partial charge in [0.15, 0.2) is 11.5 Å². The van der Waals surface area contributed by atoms with Gasteiger partial charge in [0.05, 0.1) is 22.1 Å². The zero-order valence-electron chi connectivity index (χ0n) is 11.9. The first-order valence-electron chi connectivity index (χ1n) is 7.28. The molecule has 0 spiro atoms. The summed E-state index contributed by atoms with van der Waals surface area (Å²) in [6, 6.07) is 6.01. The third-order valence-electron chi connectivity index (χ3n) is 4.74. The molecule has 1 aromatic rings. The summed E-state index contributed by atoms with van der Waals surface area (Å²) in [6.07, 6.45) is 2.76. The van der Waals surface area contributed by atoms with Gasteiger partial charge in [-0.1, -0.05) is 13.3 Å². The van der Waals surface area contributed by atoms with Crippen molar-refractivity contribution in [3.8, 4) is 17.6 Å². The number of nitriles is 1. The van der Waals surface area contributed by atoms with E-state index in [1.54, 1.807) is 6.07 Å². The largest absolute Gasteiger partial charge is 0.454 e. The molecule has 3 rings (SSSR count). The van der Waals surface area contributed by atoms with Gasteiger partial charge in [0.25, 0.3) is 0 Å². The van der Waals surface area contributed by atoms with Crippen LogP contribution < -0.4 is 9.47 Å². The lowest BCUT2D eigenvalue weighted by atomic mass is 9.78. The maximum atomic E-state index is 10.8. The number of hydrogen-bond acceptors (Lipinski definition) is 4. The average Bonchev–Trinajstić information content (AvgIpc) is 3.13. The van der Waals surface area contributed by atoms with Gasteiger partial charge in [-0.3, -0.25) is 0 Å². The van der Waals surface area contributed by atoms with Crippen LogP contribution >= 0.6 is 15.9 Å². The van der Waals surface area contributed by atoms with Gasteiger partial charge in [0.1, 0.15) is 0 Å². The van der Waals surface area contributed by atoms with Crippen molar-refractivity contribution in [3.05, 3.63) is 22.2 Å². The molecule has 1 saturated carbocycles. The van der Waals surface area contributed by atoms with Crippen LogP contribution in [0.5, 0.6) is 11.5 Å². The minimum Gasteiger partial charge on any atom is -0.454 e. The van der Waals surface area contributed by atoms with Gasteiger partial charge < -0.3 is 14.6 Å². The Morgan fingerprint density at radius 2 is 2.33 bits per heavy atom. The molecule has 1 aliphatic carbocycles. The molecule has 3 unspecified atom stereocenters. The summed E-state index contributed by atoms with van der Waals surface area (Å²) in [5, 5.41) is 20.4. The third kappa shape index (κ3) is 2.41. The van der Waals surface area contributed by atoms with Crippen molar-refractivity contribution >= 4 is 15.9 Å². The lowest BCUT2D eigenvalue weighted by Gasteiger charge is -2.28. The number of aliphatic hydroxyl groups is 1. The zero-order valence-corrected chi connectivity index (χ0v) is 13.5. The van der Waals surface area contributed by atoms with E-state index in [0.717, 1.165) is 30.2 Å². The molecule has 0 aromatic heterocycles. The number of ether oxygens (including phenoxy) is 2. The molecule has 4 nitrogen and oxygen atoms in total. The van der Waals surface area contributed by atoms with Crippen LogP contribution in [0.1, 0.15) is 44.3 Å². The summed E-state index contributed by atoms with van der Waals surface area (Å²) >= 11 is 3.44. The van der Waals surface area contributed by atoms with Crippen LogP contribution in [0, 0.1) is 22.7 Å². The lowest BCUT2D eigenvalue weighted by molar-refractivity contribution is 0.0638.